The summed E-state index contributed by atoms with van der Waals surface area (Å²) in [6, 6.07) is 20.1. The van der Waals surface area contributed by atoms with E-state index in [1.807, 2.05) is 73.6 Å². The van der Waals surface area contributed by atoms with Gasteiger partial charge >= 0.3 is 6.09 Å². The van der Waals surface area contributed by atoms with E-state index >= 15 is 0 Å². The first kappa shape index (κ1) is 18.4. The Morgan fingerprint density at radius 1 is 1.07 bits per heavy atom. The zero-order chi connectivity index (χ0) is 19.1. The van der Waals surface area contributed by atoms with Crippen LogP contribution in [0.2, 0.25) is 0 Å². The van der Waals surface area contributed by atoms with Crippen LogP contribution in [0.4, 0.5) is 16.3 Å². The number of benzene rings is 2. The summed E-state index contributed by atoms with van der Waals surface area (Å²) in [6.07, 6.45) is 1.76. The number of hydrogen-bond donors (Lipinski definition) is 1. The highest BCUT2D eigenvalue weighted by Gasteiger charge is 2.06. The number of rotatable bonds is 6. The molecule has 27 heavy (non-hydrogen) atoms. The molecule has 1 heterocycles. The molecule has 1 N–H and O–H groups in total. The maximum atomic E-state index is 11.9. The molecule has 0 saturated heterocycles. The van der Waals surface area contributed by atoms with Gasteiger partial charge in [-0.05, 0) is 23.3 Å². The van der Waals surface area contributed by atoms with E-state index in [9.17, 15) is 4.79 Å². The van der Waals surface area contributed by atoms with Crippen LogP contribution in [0.15, 0.2) is 60.8 Å². The van der Waals surface area contributed by atoms with Gasteiger partial charge < -0.3 is 9.64 Å². The minimum Gasteiger partial charge on any atom is -0.444 e. The van der Waals surface area contributed by atoms with Gasteiger partial charge in [-0.25, -0.2) is 14.8 Å². The van der Waals surface area contributed by atoms with Crippen molar-refractivity contribution in [3.8, 4) is 0 Å². The summed E-state index contributed by atoms with van der Waals surface area (Å²) < 4.78 is 5.22. The topological polar surface area (TPSA) is 67.4 Å². The van der Waals surface area contributed by atoms with Crippen molar-refractivity contribution in [2.45, 2.75) is 13.0 Å². The van der Waals surface area contributed by atoms with Gasteiger partial charge in [0.2, 0.25) is 0 Å². The molecule has 2 aromatic carbocycles. The molecular formula is C21H21N4O2. The molecule has 6 heteroatoms. The fraction of sp³-hybridized carbons (Fsp3) is 0.190. The summed E-state index contributed by atoms with van der Waals surface area (Å²) in [7, 11) is 3.83. The van der Waals surface area contributed by atoms with Crippen LogP contribution in [-0.4, -0.2) is 30.2 Å². The second kappa shape index (κ2) is 8.80. The fourth-order valence-corrected chi connectivity index (χ4v) is 2.43. The van der Waals surface area contributed by atoms with Crippen LogP contribution in [0.1, 0.15) is 17.0 Å². The summed E-state index contributed by atoms with van der Waals surface area (Å²) in [6.45, 7) is 0.237. The van der Waals surface area contributed by atoms with Crippen molar-refractivity contribution in [3.05, 3.63) is 83.8 Å². The first-order valence-electron chi connectivity index (χ1n) is 8.58. The quantitative estimate of drug-likeness (QED) is 0.725. The van der Waals surface area contributed by atoms with Crippen LogP contribution >= 0.6 is 0 Å². The summed E-state index contributed by atoms with van der Waals surface area (Å²) in [5, 5.41) is 2.72. The number of nitrogens with zero attached hydrogens (tertiary/aromatic N) is 3. The van der Waals surface area contributed by atoms with Crippen LogP contribution in [0.5, 0.6) is 0 Å². The number of aromatic nitrogens is 2. The third kappa shape index (κ3) is 5.54. The van der Waals surface area contributed by atoms with Gasteiger partial charge in [0.1, 0.15) is 18.2 Å². The summed E-state index contributed by atoms with van der Waals surface area (Å²) in [5.74, 6) is 1.47. The second-order valence-corrected chi connectivity index (χ2v) is 6.21. The van der Waals surface area contributed by atoms with Crippen LogP contribution in [0, 0.1) is 6.07 Å². The van der Waals surface area contributed by atoms with Gasteiger partial charge in [-0.15, -0.1) is 0 Å². The molecule has 3 aromatic rings. The first-order valence-corrected chi connectivity index (χ1v) is 8.58. The van der Waals surface area contributed by atoms with Gasteiger partial charge in [0.15, 0.2) is 0 Å². The molecule has 0 bridgehead atoms. The molecule has 0 fully saturated rings. The third-order valence-electron chi connectivity index (χ3n) is 3.84. The monoisotopic (exact) mass is 361 g/mol. The Kier molecular flexibility index (Phi) is 5.99. The van der Waals surface area contributed by atoms with Gasteiger partial charge in [-0.2, -0.15) is 0 Å². The minimum atomic E-state index is -0.482. The molecule has 0 aliphatic heterocycles. The standard InChI is InChI=1S/C21H21N4O2/c1-25(2)20-12-13-22-19(24-20)14-16-8-10-18(11-9-16)23-21(26)27-15-17-6-4-3-5-7-17/h3-11,13H,14-15H2,1-2H3,(H,23,26). The van der Waals surface area contributed by atoms with E-state index < -0.39 is 6.09 Å². The lowest BCUT2D eigenvalue weighted by atomic mass is 10.1. The van der Waals surface area contributed by atoms with Gasteiger partial charge in [-0.1, -0.05) is 42.5 Å². The van der Waals surface area contributed by atoms with Crippen molar-refractivity contribution >= 4 is 17.6 Å². The van der Waals surface area contributed by atoms with Crippen LogP contribution in [0.25, 0.3) is 0 Å². The highest BCUT2D eigenvalue weighted by Crippen LogP contribution is 2.14. The molecule has 1 aromatic heterocycles. The second-order valence-electron chi connectivity index (χ2n) is 6.21. The number of ether oxygens (including phenoxy) is 1. The van der Waals surface area contributed by atoms with E-state index in [0.717, 1.165) is 22.8 Å². The number of carbonyl (C=O) groups excluding carboxylic acids is 1. The Balaban J connectivity index is 1.54. The van der Waals surface area contributed by atoms with E-state index in [2.05, 4.69) is 21.4 Å². The van der Waals surface area contributed by atoms with Crippen LogP contribution in [0.3, 0.4) is 0 Å². The predicted molar refractivity (Wildman–Crippen MR) is 105 cm³/mol. The number of amides is 1. The summed E-state index contributed by atoms with van der Waals surface area (Å²) in [5.41, 5.74) is 2.67. The minimum absolute atomic E-state index is 0.237. The van der Waals surface area contributed by atoms with Crippen LogP contribution < -0.4 is 10.2 Å². The number of nitrogens with one attached hydrogen (secondary N) is 1. The number of carbonyl (C=O) groups is 1. The smallest absolute Gasteiger partial charge is 0.411 e. The van der Waals surface area contributed by atoms with E-state index in [1.165, 1.54) is 0 Å². The molecule has 0 saturated carbocycles. The molecule has 0 spiro atoms. The van der Waals surface area contributed by atoms with E-state index in [4.69, 9.17) is 4.74 Å². The van der Waals surface area contributed by atoms with Gasteiger partial charge in [0, 0.05) is 38.5 Å². The average molecular weight is 361 g/mol. The molecule has 0 aliphatic rings. The number of anilines is 2. The predicted octanol–water partition coefficient (Wildman–Crippen LogP) is 3.68. The average Bonchev–Trinajstić information content (AvgIpc) is 2.69. The van der Waals surface area contributed by atoms with Crippen molar-refractivity contribution in [2.24, 2.45) is 0 Å². The van der Waals surface area contributed by atoms with Crippen molar-refractivity contribution < 1.29 is 9.53 Å². The van der Waals surface area contributed by atoms with E-state index in [0.29, 0.717) is 12.1 Å². The maximum absolute atomic E-state index is 11.9. The Bertz CT molecular complexity index is 880. The van der Waals surface area contributed by atoms with Gasteiger partial charge in [0.25, 0.3) is 0 Å². The molecule has 0 aliphatic carbocycles. The Morgan fingerprint density at radius 2 is 1.81 bits per heavy atom. The van der Waals surface area contributed by atoms with Gasteiger partial charge in [0.05, 0.1) is 0 Å². The van der Waals surface area contributed by atoms with Crippen molar-refractivity contribution in [1.29, 1.82) is 0 Å². The lowest BCUT2D eigenvalue weighted by molar-refractivity contribution is 0.155. The first-order chi connectivity index (χ1) is 13.1. The third-order valence-corrected chi connectivity index (χ3v) is 3.84. The molecule has 6 nitrogen and oxygen atoms in total. The fourth-order valence-electron chi connectivity index (χ4n) is 2.43. The zero-order valence-electron chi connectivity index (χ0n) is 15.3. The lowest BCUT2D eigenvalue weighted by Gasteiger charge is -2.11. The molecule has 0 unspecified atom stereocenters. The SMILES string of the molecule is CN(C)c1[c]cnc(Cc2ccc(NC(=O)OCc3ccccc3)cc2)n1. The Morgan fingerprint density at radius 3 is 2.52 bits per heavy atom. The summed E-state index contributed by atoms with van der Waals surface area (Å²) >= 11 is 0. The maximum Gasteiger partial charge on any atom is 0.411 e. The van der Waals surface area contributed by atoms with Crippen molar-refractivity contribution in [3.63, 3.8) is 0 Å². The highest BCUT2D eigenvalue weighted by molar-refractivity contribution is 5.84. The van der Waals surface area contributed by atoms with Crippen LogP contribution in [-0.2, 0) is 17.8 Å². The number of hydrogen-bond acceptors (Lipinski definition) is 5. The molecule has 0 atom stereocenters. The molecule has 1 radical (unpaired) electrons. The Labute approximate surface area is 158 Å². The zero-order valence-corrected chi connectivity index (χ0v) is 15.3. The molecule has 1 amide bonds. The van der Waals surface area contributed by atoms with E-state index in [1.54, 1.807) is 6.20 Å². The van der Waals surface area contributed by atoms with Crippen molar-refractivity contribution in [1.82, 2.24) is 9.97 Å². The van der Waals surface area contributed by atoms with E-state index in [-0.39, 0.29) is 6.61 Å². The molecule has 3 rings (SSSR count). The van der Waals surface area contributed by atoms with Crippen molar-refractivity contribution in [2.75, 3.05) is 24.3 Å². The lowest BCUT2D eigenvalue weighted by Crippen LogP contribution is -2.13. The highest BCUT2D eigenvalue weighted by atomic mass is 16.5. The Hall–Kier alpha value is -3.41. The molecular weight excluding hydrogens is 340 g/mol. The normalized spacial score (nSPS) is 10.3. The molecule has 137 valence electrons. The van der Waals surface area contributed by atoms with Gasteiger partial charge in [-0.3, -0.25) is 5.32 Å². The summed E-state index contributed by atoms with van der Waals surface area (Å²) in [4.78, 5) is 22.5. The largest absolute Gasteiger partial charge is 0.444 e.